The monoisotopic (exact) mass is 417 g/mol. The quantitative estimate of drug-likeness (QED) is 0.507. The maximum atomic E-state index is 12.6. The smallest absolute Gasteiger partial charge is 0.331 e. The second kappa shape index (κ2) is 7.19. The van der Waals surface area contributed by atoms with Crippen LogP contribution in [0.1, 0.15) is 41.3 Å². The minimum atomic E-state index is -0.329. The van der Waals surface area contributed by atoms with Crippen LogP contribution >= 0.6 is 0 Å². The number of pyridine rings is 2. The molecule has 2 fully saturated rings. The third kappa shape index (κ3) is 3.41. The Balaban J connectivity index is 1.49. The van der Waals surface area contributed by atoms with Gasteiger partial charge in [-0.25, -0.2) is 9.78 Å². The van der Waals surface area contributed by atoms with Crippen LogP contribution in [0, 0.1) is 6.92 Å². The summed E-state index contributed by atoms with van der Waals surface area (Å²) in [7, 11) is 1.50. The summed E-state index contributed by atoms with van der Waals surface area (Å²) >= 11 is 0. The fourth-order valence-corrected chi connectivity index (χ4v) is 3.85. The highest BCUT2D eigenvalue weighted by atomic mass is 16.2. The molecule has 2 N–H and O–H groups in total. The maximum Gasteiger partial charge on any atom is 0.331 e. The summed E-state index contributed by atoms with van der Waals surface area (Å²) in [6.07, 6.45) is 9.64. The third-order valence-corrected chi connectivity index (χ3v) is 5.82. The lowest BCUT2D eigenvalue weighted by molar-refractivity contribution is -0.123. The fourth-order valence-electron chi connectivity index (χ4n) is 3.85. The van der Waals surface area contributed by atoms with Crippen molar-refractivity contribution in [1.29, 1.82) is 0 Å². The Morgan fingerprint density at radius 3 is 2.77 bits per heavy atom. The summed E-state index contributed by atoms with van der Waals surface area (Å²) in [5.41, 5.74) is 11.5. The number of nitrogens with two attached hydrogens (primary N) is 1. The normalized spacial score (nSPS) is 17.0. The van der Waals surface area contributed by atoms with E-state index in [2.05, 4.69) is 16.2 Å². The van der Waals surface area contributed by atoms with Gasteiger partial charge < -0.3 is 10.1 Å². The predicted octanol–water partition coefficient (Wildman–Crippen LogP) is 2.51. The molecule has 158 valence electrons. The summed E-state index contributed by atoms with van der Waals surface area (Å²) in [6, 6.07) is 3.41. The lowest BCUT2D eigenvalue weighted by Gasteiger charge is -2.17. The lowest BCUT2D eigenvalue weighted by Crippen LogP contribution is -2.30. The number of carbonyl (C=O) groups excluding carboxylic acids is 2. The first kappa shape index (κ1) is 19.2. The summed E-state index contributed by atoms with van der Waals surface area (Å²) in [5.74, 6) is 0.274. The topological polar surface area (TPSA) is 109 Å². The molecular weight excluding hydrogens is 394 g/mol. The molecule has 9 nitrogen and oxygen atoms in total. The van der Waals surface area contributed by atoms with E-state index in [4.69, 9.17) is 10.7 Å². The Morgan fingerprint density at radius 2 is 2.10 bits per heavy atom. The molecule has 0 bridgehead atoms. The second-order valence-corrected chi connectivity index (χ2v) is 8.09. The predicted molar refractivity (Wildman–Crippen MR) is 117 cm³/mol. The number of carbonyl (C=O) groups is 2. The number of hydrogen-bond acceptors (Lipinski definition) is 6. The van der Waals surface area contributed by atoms with E-state index in [1.165, 1.54) is 11.9 Å². The molecule has 31 heavy (non-hydrogen) atoms. The number of anilines is 2. The van der Waals surface area contributed by atoms with Crippen LogP contribution in [0.3, 0.4) is 0 Å². The molecule has 4 heterocycles. The van der Waals surface area contributed by atoms with Crippen LogP contribution in [-0.4, -0.2) is 51.0 Å². The average Bonchev–Trinajstić information content (AvgIpc) is 3.46. The molecule has 0 atom stereocenters. The number of rotatable bonds is 5. The van der Waals surface area contributed by atoms with Crippen LogP contribution in [0.25, 0.3) is 5.65 Å². The van der Waals surface area contributed by atoms with Crippen molar-refractivity contribution < 1.29 is 9.59 Å². The summed E-state index contributed by atoms with van der Waals surface area (Å²) < 4.78 is 1.94. The van der Waals surface area contributed by atoms with E-state index in [9.17, 15) is 9.59 Å². The summed E-state index contributed by atoms with van der Waals surface area (Å²) in [6.45, 7) is 2.28. The van der Waals surface area contributed by atoms with E-state index in [1.807, 2.05) is 23.6 Å². The largest absolute Gasteiger partial charge is 0.398 e. The maximum absolute atomic E-state index is 12.6. The fraction of sp³-hybridized carbons (Fsp3) is 0.318. The Morgan fingerprint density at radius 1 is 1.29 bits per heavy atom. The van der Waals surface area contributed by atoms with Gasteiger partial charge in [-0.2, -0.15) is 0 Å². The zero-order chi connectivity index (χ0) is 21.7. The summed E-state index contributed by atoms with van der Waals surface area (Å²) in [5, 5.41) is 0. The van der Waals surface area contributed by atoms with Crippen molar-refractivity contribution in [3.63, 3.8) is 0 Å². The van der Waals surface area contributed by atoms with E-state index >= 15 is 0 Å². The number of nitrogen functional groups attached to an aromatic ring is 1. The van der Waals surface area contributed by atoms with Crippen molar-refractivity contribution in [3.05, 3.63) is 53.2 Å². The zero-order valence-electron chi connectivity index (χ0n) is 17.4. The third-order valence-electron chi connectivity index (χ3n) is 5.82. The standard InChI is InChI=1S/C22H23N7O2/c1-13-17(18(23)5-6-25-13)9-24-8-16-11-28-10-15(14-3-4-14)7-19(21(28)26-16)29-12-20(30)27(2)22(29)31/h5-7,9-11,14H,3-4,8,12H2,1-2H3,(H2,23,25). The molecule has 3 aromatic heterocycles. The van der Waals surface area contributed by atoms with E-state index in [1.54, 1.807) is 18.5 Å². The number of likely N-dealkylation sites (N-methyl/N-ethyl adjacent to an activating group) is 1. The lowest BCUT2D eigenvalue weighted by atomic mass is 10.1. The number of fused-ring (bicyclic) bond motifs is 1. The Kier molecular flexibility index (Phi) is 4.46. The Hall–Kier alpha value is -3.75. The number of aromatic nitrogens is 3. The molecule has 5 rings (SSSR count). The molecule has 2 aliphatic rings. The number of amides is 3. The molecule has 3 amide bonds. The highest BCUT2D eigenvalue weighted by Crippen LogP contribution is 2.42. The van der Waals surface area contributed by atoms with Crippen molar-refractivity contribution in [1.82, 2.24) is 19.3 Å². The Labute approximate surface area is 179 Å². The van der Waals surface area contributed by atoms with Crippen LogP contribution in [0.5, 0.6) is 0 Å². The molecule has 0 radical (unpaired) electrons. The van der Waals surface area contributed by atoms with Crippen molar-refractivity contribution in [2.45, 2.75) is 32.2 Å². The first-order valence-electron chi connectivity index (χ1n) is 10.2. The van der Waals surface area contributed by atoms with Gasteiger partial charge in [-0.3, -0.25) is 24.6 Å². The highest BCUT2D eigenvalue weighted by Gasteiger charge is 2.36. The number of aliphatic imine (C=N–C) groups is 1. The number of urea groups is 1. The Bertz CT molecular complexity index is 1220. The van der Waals surface area contributed by atoms with Crippen molar-refractivity contribution in [2.75, 3.05) is 24.2 Å². The van der Waals surface area contributed by atoms with Gasteiger partial charge in [0, 0.05) is 48.8 Å². The highest BCUT2D eigenvalue weighted by molar-refractivity contribution is 6.13. The van der Waals surface area contributed by atoms with Crippen molar-refractivity contribution >= 4 is 35.2 Å². The minimum absolute atomic E-state index is 0.0268. The van der Waals surface area contributed by atoms with E-state index < -0.39 is 0 Å². The van der Waals surface area contributed by atoms with Gasteiger partial charge in [-0.1, -0.05) is 0 Å². The molecule has 0 unspecified atom stereocenters. The minimum Gasteiger partial charge on any atom is -0.398 e. The van der Waals surface area contributed by atoms with Gasteiger partial charge in [0.15, 0.2) is 5.65 Å². The van der Waals surface area contributed by atoms with Gasteiger partial charge in [0.2, 0.25) is 5.91 Å². The molecule has 0 aromatic carbocycles. The van der Waals surface area contributed by atoms with Crippen molar-refractivity contribution in [2.24, 2.45) is 4.99 Å². The number of nitrogens with zero attached hydrogens (tertiary/aromatic N) is 6. The van der Waals surface area contributed by atoms with Crippen LogP contribution in [0.15, 0.2) is 35.7 Å². The second-order valence-electron chi connectivity index (χ2n) is 8.09. The molecule has 3 aromatic rings. The molecule has 0 spiro atoms. The molecule has 1 saturated heterocycles. The van der Waals surface area contributed by atoms with Gasteiger partial charge in [0.05, 0.1) is 17.9 Å². The van der Waals surface area contributed by atoms with Crippen LogP contribution < -0.4 is 10.6 Å². The van der Waals surface area contributed by atoms with Crippen LogP contribution in [0.2, 0.25) is 0 Å². The molecular formula is C22H23N7O2. The van der Waals surface area contributed by atoms with Gasteiger partial charge in [-0.05, 0) is 43.4 Å². The number of imidazole rings is 1. The van der Waals surface area contributed by atoms with Crippen molar-refractivity contribution in [3.8, 4) is 0 Å². The van der Waals surface area contributed by atoms with Crippen LogP contribution in [0.4, 0.5) is 16.2 Å². The number of aryl methyl sites for hydroxylation is 1. The van der Waals surface area contributed by atoms with Gasteiger partial charge in [0.25, 0.3) is 0 Å². The SMILES string of the molecule is Cc1nccc(N)c1C=NCc1cn2cc(C3CC3)cc(N3CC(=O)N(C)C3=O)c2n1. The number of imide groups is 1. The van der Waals surface area contributed by atoms with E-state index in [0.717, 1.165) is 40.3 Å². The van der Waals surface area contributed by atoms with Crippen LogP contribution in [-0.2, 0) is 11.3 Å². The first-order valence-corrected chi connectivity index (χ1v) is 10.2. The summed E-state index contributed by atoms with van der Waals surface area (Å²) in [4.78, 5) is 40.8. The molecule has 9 heteroatoms. The first-order chi connectivity index (χ1) is 14.9. The zero-order valence-corrected chi connectivity index (χ0v) is 17.4. The molecule has 1 aliphatic heterocycles. The van der Waals surface area contributed by atoms with Gasteiger partial charge in [0.1, 0.15) is 6.54 Å². The number of hydrogen-bond donors (Lipinski definition) is 1. The molecule has 1 aliphatic carbocycles. The molecule has 1 saturated carbocycles. The van der Waals surface area contributed by atoms with E-state index in [-0.39, 0.29) is 18.5 Å². The van der Waals surface area contributed by atoms with Gasteiger partial charge in [-0.15, -0.1) is 0 Å². The van der Waals surface area contributed by atoms with E-state index in [0.29, 0.717) is 29.5 Å². The van der Waals surface area contributed by atoms with Gasteiger partial charge >= 0.3 is 6.03 Å². The average molecular weight is 417 g/mol.